The average Bonchev–Trinajstić information content (AvgIpc) is 3.00. The number of benzene rings is 1. The van der Waals surface area contributed by atoms with Gasteiger partial charge in [0, 0.05) is 26.1 Å². The molecule has 1 aromatic carbocycles. The molecule has 120 valence electrons. The highest BCUT2D eigenvalue weighted by atomic mass is 16.5. The molecule has 0 atom stereocenters. The van der Waals surface area contributed by atoms with Gasteiger partial charge in [0.25, 0.3) is 5.91 Å². The number of carbonyl (C=O) groups excluding carboxylic acids is 2. The Morgan fingerprint density at radius 2 is 1.95 bits per heavy atom. The van der Waals surface area contributed by atoms with Crippen molar-refractivity contribution in [2.45, 2.75) is 33.1 Å². The van der Waals surface area contributed by atoms with E-state index < -0.39 is 0 Å². The summed E-state index contributed by atoms with van der Waals surface area (Å²) in [6.45, 7) is 6.01. The third-order valence-electron chi connectivity index (χ3n) is 3.81. The first kappa shape index (κ1) is 16.3. The number of nitrogens with zero attached hydrogens (tertiary/aromatic N) is 1. The van der Waals surface area contributed by atoms with Crippen LogP contribution in [0.3, 0.4) is 0 Å². The Balaban J connectivity index is 1.66. The van der Waals surface area contributed by atoms with Crippen molar-refractivity contribution in [3.05, 3.63) is 29.3 Å². The van der Waals surface area contributed by atoms with Crippen molar-refractivity contribution in [2.75, 3.05) is 26.2 Å². The third kappa shape index (κ3) is 4.76. The second kappa shape index (κ2) is 7.82. The van der Waals surface area contributed by atoms with Crippen LogP contribution in [0.5, 0.6) is 5.75 Å². The van der Waals surface area contributed by atoms with Crippen LogP contribution in [0.2, 0.25) is 0 Å². The zero-order chi connectivity index (χ0) is 15.9. The van der Waals surface area contributed by atoms with Crippen molar-refractivity contribution in [1.82, 2.24) is 10.2 Å². The molecule has 5 heteroatoms. The Hall–Kier alpha value is -2.04. The average molecular weight is 304 g/mol. The van der Waals surface area contributed by atoms with Crippen molar-refractivity contribution in [3.63, 3.8) is 0 Å². The van der Waals surface area contributed by atoms with Gasteiger partial charge in [0.1, 0.15) is 5.75 Å². The van der Waals surface area contributed by atoms with E-state index in [0.29, 0.717) is 18.7 Å². The molecular weight excluding hydrogens is 280 g/mol. The molecule has 1 fully saturated rings. The maximum absolute atomic E-state index is 11.8. The van der Waals surface area contributed by atoms with Crippen LogP contribution in [0, 0.1) is 13.8 Å². The lowest BCUT2D eigenvalue weighted by Crippen LogP contribution is -2.34. The Bertz CT molecular complexity index is 537. The van der Waals surface area contributed by atoms with Gasteiger partial charge in [-0.05, 0) is 38.3 Å². The maximum Gasteiger partial charge on any atom is 0.257 e. The fraction of sp³-hybridized carbons (Fsp3) is 0.529. The van der Waals surface area contributed by atoms with Crippen molar-refractivity contribution in [2.24, 2.45) is 0 Å². The van der Waals surface area contributed by atoms with Gasteiger partial charge in [-0.3, -0.25) is 9.59 Å². The van der Waals surface area contributed by atoms with E-state index in [1.807, 2.05) is 36.9 Å². The van der Waals surface area contributed by atoms with E-state index in [0.717, 1.165) is 37.1 Å². The van der Waals surface area contributed by atoms with Crippen molar-refractivity contribution >= 4 is 11.8 Å². The summed E-state index contributed by atoms with van der Waals surface area (Å²) >= 11 is 0. The SMILES string of the molecule is Cc1ccc(OCC(=O)NCCC(=O)N2CCCC2)c(C)c1. The molecule has 0 radical (unpaired) electrons. The number of hydrogen-bond acceptors (Lipinski definition) is 3. The van der Waals surface area contributed by atoms with E-state index in [-0.39, 0.29) is 18.4 Å². The summed E-state index contributed by atoms with van der Waals surface area (Å²) in [6.07, 6.45) is 2.53. The molecule has 0 bridgehead atoms. The summed E-state index contributed by atoms with van der Waals surface area (Å²) in [5.74, 6) is 0.635. The molecule has 2 amide bonds. The van der Waals surface area contributed by atoms with Gasteiger partial charge in [-0.1, -0.05) is 17.7 Å². The first-order chi connectivity index (χ1) is 10.6. The maximum atomic E-state index is 11.8. The lowest BCUT2D eigenvalue weighted by molar-refractivity contribution is -0.130. The van der Waals surface area contributed by atoms with E-state index >= 15 is 0 Å². The molecule has 1 heterocycles. The molecule has 5 nitrogen and oxygen atoms in total. The van der Waals surface area contributed by atoms with Crippen molar-refractivity contribution in [1.29, 1.82) is 0 Å². The lowest BCUT2D eigenvalue weighted by Gasteiger charge is -2.15. The molecule has 1 saturated heterocycles. The van der Waals surface area contributed by atoms with Crippen LogP contribution in [-0.4, -0.2) is 43.0 Å². The summed E-state index contributed by atoms with van der Waals surface area (Å²) in [5, 5.41) is 2.73. The molecular formula is C17H24N2O3. The van der Waals surface area contributed by atoms with Crippen molar-refractivity contribution in [3.8, 4) is 5.75 Å². The number of nitrogens with one attached hydrogen (secondary N) is 1. The van der Waals surface area contributed by atoms with Gasteiger partial charge >= 0.3 is 0 Å². The van der Waals surface area contributed by atoms with Gasteiger partial charge in [-0.2, -0.15) is 0 Å². The molecule has 0 saturated carbocycles. The first-order valence-corrected chi connectivity index (χ1v) is 7.81. The van der Waals surface area contributed by atoms with E-state index in [2.05, 4.69) is 5.32 Å². The normalized spacial score (nSPS) is 14.0. The highest BCUT2D eigenvalue weighted by Crippen LogP contribution is 2.18. The summed E-state index contributed by atoms with van der Waals surface area (Å²) in [4.78, 5) is 25.4. The fourth-order valence-corrected chi connectivity index (χ4v) is 2.59. The van der Waals surface area contributed by atoms with E-state index in [1.54, 1.807) is 0 Å². The first-order valence-electron chi connectivity index (χ1n) is 7.81. The molecule has 0 aliphatic carbocycles. The molecule has 1 N–H and O–H groups in total. The molecule has 1 aliphatic rings. The number of hydrogen-bond donors (Lipinski definition) is 1. The third-order valence-corrected chi connectivity index (χ3v) is 3.81. The number of rotatable bonds is 6. The Kier molecular flexibility index (Phi) is 5.81. The number of carbonyl (C=O) groups is 2. The van der Waals surface area contributed by atoms with Gasteiger partial charge in [-0.15, -0.1) is 0 Å². The fourth-order valence-electron chi connectivity index (χ4n) is 2.59. The minimum absolute atomic E-state index is 0.0260. The van der Waals surface area contributed by atoms with E-state index in [1.165, 1.54) is 0 Å². The molecule has 22 heavy (non-hydrogen) atoms. The Labute approximate surface area is 131 Å². The van der Waals surface area contributed by atoms with Crippen LogP contribution in [-0.2, 0) is 9.59 Å². The van der Waals surface area contributed by atoms with Crippen LogP contribution in [0.4, 0.5) is 0 Å². The quantitative estimate of drug-likeness (QED) is 0.872. The number of ether oxygens (including phenoxy) is 1. The lowest BCUT2D eigenvalue weighted by atomic mass is 10.1. The summed E-state index contributed by atoms with van der Waals surface area (Å²) in [7, 11) is 0. The summed E-state index contributed by atoms with van der Waals surface area (Å²) in [5.41, 5.74) is 2.17. The van der Waals surface area contributed by atoms with Crippen molar-refractivity contribution < 1.29 is 14.3 Å². The van der Waals surface area contributed by atoms with Crippen LogP contribution in [0.1, 0.15) is 30.4 Å². The van der Waals surface area contributed by atoms with Gasteiger partial charge in [0.2, 0.25) is 5.91 Å². The van der Waals surface area contributed by atoms with E-state index in [4.69, 9.17) is 4.74 Å². The molecule has 0 aromatic heterocycles. The molecule has 0 unspecified atom stereocenters. The number of amides is 2. The minimum Gasteiger partial charge on any atom is -0.484 e. The number of likely N-dealkylation sites (tertiary alicyclic amines) is 1. The second-order valence-corrected chi connectivity index (χ2v) is 5.75. The zero-order valence-electron chi connectivity index (χ0n) is 13.4. The topological polar surface area (TPSA) is 58.6 Å². The van der Waals surface area contributed by atoms with Crippen LogP contribution in [0.25, 0.3) is 0 Å². The van der Waals surface area contributed by atoms with Gasteiger partial charge in [0.15, 0.2) is 6.61 Å². The largest absolute Gasteiger partial charge is 0.484 e. The second-order valence-electron chi connectivity index (χ2n) is 5.75. The summed E-state index contributed by atoms with van der Waals surface area (Å²) < 4.78 is 5.50. The predicted molar refractivity (Wildman–Crippen MR) is 84.9 cm³/mol. The minimum atomic E-state index is -0.200. The summed E-state index contributed by atoms with van der Waals surface area (Å²) in [6, 6.07) is 5.84. The smallest absolute Gasteiger partial charge is 0.257 e. The Morgan fingerprint density at radius 3 is 2.64 bits per heavy atom. The standard InChI is InChI=1S/C17H24N2O3/c1-13-5-6-15(14(2)11-13)22-12-16(20)18-8-7-17(21)19-9-3-4-10-19/h5-6,11H,3-4,7-10,12H2,1-2H3,(H,18,20). The zero-order valence-corrected chi connectivity index (χ0v) is 13.4. The monoisotopic (exact) mass is 304 g/mol. The Morgan fingerprint density at radius 1 is 1.23 bits per heavy atom. The molecule has 1 aliphatic heterocycles. The van der Waals surface area contributed by atoms with Gasteiger partial charge < -0.3 is 15.0 Å². The molecule has 2 rings (SSSR count). The number of aryl methyl sites for hydroxylation is 2. The molecule has 0 spiro atoms. The molecule has 1 aromatic rings. The van der Waals surface area contributed by atoms with Crippen LogP contribution >= 0.6 is 0 Å². The van der Waals surface area contributed by atoms with Crippen LogP contribution < -0.4 is 10.1 Å². The highest BCUT2D eigenvalue weighted by Gasteiger charge is 2.17. The van der Waals surface area contributed by atoms with Gasteiger partial charge in [-0.25, -0.2) is 0 Å². The predicted octanol–water partition coefficient (Wildman–Crippen LogP) is 1.81. The van der Waals surface area contributed by atoms with E-state index in [9.17, 15) is 9.59 Å². The van der Waals surface area contributed by atoms with Gasteiger partial charge in [0.05, 0.1) is 0 Å². The van der Waals surface area contributed by atoms with Crippen LogP contribution in [0.15, 0.2) is 18.2 Å². The highest BCUT2D eigenvalue weighted by molar-refractivity contribution is 5.80.